The third-order valence-electron chi connectivity index (χ3n) is 7.33. The van der Waals surface area contributed by atoms with E-state index in [4.69, 9.17) is 25.8 Å². The van der Waals surface area contributed by atoms with Gasteiger partial charge < -0.3 is 19.2 Å². The van der Waals surface area contributed by atoms with Gasteiger partial charge in [0.1, 0.15) is 24.1 Å². The van der Waals surface area contributed by atoms with Crippen LogP contribution >= 0.6 is 11.6 Å². The Hall–Kier alpha value is -3.48. The van der Waals surface area contributed by atoms with E-state index in [1.54, 1.807) is 7.11 Å². The highest BCUT2D eigenvalue weighted by atomic mass is 35.5. The summed E-state index contributed by atoms with van der Waals surface area (Å²) < 4.78 is 17.2. The van der Waals surface area contributed by atoms with Crippen molar-refractivity contribution in [1.82, 2.24) is 10.3 Å². The molecule has 0 aliphatic carbocycles. The number of hydrogen-bond donors (Lipinski definition) is 2. The highest BCUT2D eigenvalue weighted by Gasteiger charge is 2.34. The quantitative estimate of drug-likeness (QED) is 0.262. The minimum atomic E-state index is -0.454. The molecule has 0 bridgehead atoms. The van der Waals surface area contributed by atoms with Gasteiger partial charge in [0.2, 0.25) is 0 Å². The molecule has 1 aromatic heterocycles. The second-order valence-corrected chi connectivity index (χ2v) is 10.5. The van der Waals surface area contributed by atoms with E-state index in [0.717, 1.165) is 60.9 Å². The zero-order valence-electron chi connectivity index (χ0n) is 22.4. The van der Waals surface area contributed by atoms with E-state index in [-0.39, 0.29) is 17.9 Å². The summed E-state index contributed by atoms with van der Waals surface area (Å²) in [5.74, 6) is 1.54. The summed E-state index contributed by atoms with van der Waals surface area (Å²) in [5, 5.41) is 5.37. The number of methoxy groups -OCH3 is 2. The number of carbonyl (C=O) groups excluding carboxylic acids is 1. The fourth-order valence-corrected chi connectivity index (χ4v) is 5.46. The SMILES string of the molecule is COC(=O)C1Cc2c([nH]c3ccccc23)C(c2ccc(OC)c(COc3cc(C)c(Cl)cc3C(C)C)c2)N1. The summed E-state index contributed by atoms with van der Waals surface area (Å²) in [6.07, 6.45) is 0.558. The second-order valence-electron chi connectivity index (χ2n) is 10.1. The number of aryl methyl sites for hydroxylation is 1. The van der Waals surface area contributed by atoms with Crippen molar-refractivity contribution in [3.05, 3.63) is 93.1 Å². The number of H-pyrrole nitrogens is 1. The first-order valence-corrected chi connectivity index (χ1v) is 13.2. The van der Waals surface area contributed by atoms with Gasteiger partial charge in [-0.1, -0.05) is 49.7 Å². The largest absolute Gasteiger partial charge is 0.496 e. The van der Waals surface area contributed by atoms with E-state index in [0.29, 0.717) is 13.0 Å². The van der Waals surface area contributed by atoms with Crippen LogP contribution < -0.4 is 14.8 Å². The van der Waals surface area contributed by atoms with Gasteiger partial charge in [-0.3, -0.25) is 10.1 Å². The number of benzene rings is 3. The summed E-state index contributed by atoms with van der Waals surface area (Å²) in [5.41, 5.74) is 7.18. The van der Waals surface area contributed by atoms with E-state index < -0.39 is 6.04 Å². The van der Waals surface area contributed by atoms with Crippen molar-refractivity contribution in [3.63, 3.8) is 0 Å². The number of nitrogens with one attached hydrogen (secondary N) is 2. The zero-order chi connectivity index (χ0) is 27.0. The summed E-state index contributed by atoms with van der Waals surface area (Å²) >= 11 is 6.40. The first kappa shape index (κ1) is 26.1. The number of carbonyl (C=O) groups is 1. The molecule has 38 heavy (non-hydrogen) atoms. The molecule has 4 aromatic rings. The van der Waals surface area contributed by atoms with Crippen molar-refractivity contribution in [2.45, 2.75) is 51.8 Å². The van der Waals surface area contributed by atoms with Crippen LogP contribution in [0.15, 0.2) is 54.6 Å². The summed E-state index contributed by atoms with van der Waals surface area (Å²) in [4.78, 5) is 16.2. The number of halogens is 1. The molecule has 0 spiro atoms. The highest BCUT2D eigenvalue weighted by Crippen LogP contribution is 2.38. The molecule has 0 saturated carbocycles. The molecule has 2 atom stereocenters. The van der Waals surface area contributed by atoms with E-state index in [1.165, 1.54) is 7.11 Å². The maximum Gasteiger partial charge on any atom is 0.323 e. The molecular formula is C31H33ClN2O4. The Labute approximate surface area is 228 Å². The van der Waals surface area contributed by atoms with Crippen molar-refractivity contribution in [1.29, 1.82) is 0 Å². The van der Waals surface area contributed by atoms with Crippen LogP contribution in [0.2, 0.25) is 5.02 Å². The van der Waals surface area contributed by atoms with Crippen molar-refractivity contribution in [3.8, 4) is 11.5 Å². The normalized spacial score (nSPS) is 16.9. The second kappa shape index (κ2) is 10.7. The van der Waals surface area contributed by atoms with Gasteiger partial charge in [-0.15, -0.1) is 0 Å². The molecule has 2 unspecified atom stereocenters. The Balaban J connectivity index is 1.52. The van der Waals surface area contributed by atoms with Crippen molar-refractivity contribution in [2.75, 3.05) is 14.2 Å². The van der Waals surface area contributed by atoms with Gasteiger partial charge in [0.15, 0.2) is 0 Å². The predicted molar refractivity (Wildman–Crippen MR) is 150 cm³/mol. The standard InChI is InChI=1S/C31H33ClN2O4/c1-17(2)22-14-24(32)18(3)12-28(22)38-16-20-13-19(10-11-27(20)36-4)29-30-23(15-26(34-29)31(35)37-5)21-8-6-7-9-25(21)33-30/h6-14,17,26,29,33-34H,15-16H2,1-5H3. The molecule has 0 radical (unpaired) electrons. The summed E-state index contributed by atoms with van der Waals surface area (Å²) in [7, 11) is 3.09. The Morgan fingerprint density at radius 2 is 1.87 bits per heavy atom. The third kappa shape index (κ3) is 4.86. The minimum Gasteiger partial charge on any atom is -0.496 e. The Morgan fingerprint density at radius 3 is 2.61 bits per heavy atom. The van der Waals surface area contributed by atoms with Crippen molar-refractivity contribution in [2.24, 2.45) is 0 Å². The van der Waals surface area contributed by atoms with Crippen LogP contribution in [0.5, 0.6) is 11.5 Å². The lowest BCUT2D eigenvalue weighted by atomic mass is 9.89. The van der Waals surface area contributed by atoms with Gasteiger partial charge >= 0.3 is 5.97 Å². The number of hydrogen-bond acceptors (Lipinski definition) is 5. The molecule has 198 valence electrons. The Kier molecular flexibility index (Phi) is 7.37. The van der Waals surface area contributed by atoms with E-state index in [2.05, 4.69) is 42.3 Å². The van der Waals surface area contributed by atoms with Gasteiger partial charge in [-0.05, 0) is 65.4 Å². The first-order chi connectivity index (χ1) is 18.3. The predicted octanol–water partition coefficient (Wildman–Crippen LogP) is 6.62. The number of rotatable bonds is 7. The molecule has 0 fully saturated rings. The van der Waals surface area contributed by atoms with Gasteiger partial charge in [0.25, 0.3) is 0 Å². The summed E-state index contributed by atoms with van der Waals surface area (Å²) in [6, 6.07) is 17.6. The number of esters is 1. The maximum absolute atomic E-state index is 12.6. The third-order valence-corrected chi connectivity index (χ3v) is 7.74. The highest BCUT2D eigenvalue weighted by molar-refractivity contribution is 6.31. The number of ether oxygens (including phenoxy) is 3. The van der Waals surface area contributed by atoms with Gasteiger partial charge in [0.05, 0.1) is 20.3 Å². The van der Waals surface area contributed by atoms with Gasteiger partial charge in [-0.2, -0.15) is 0 Å². The van der Waals surface area contributed by atoms with Crippen LogP contribution in [-0.2, 0) is 22.6 Å². The molecular weight excluding hydrogens is 500 g/mol. The van der Waals surface area contributed by atoms with Crippen molar-refractivity contribution >= 4 is 28.5 Å². The number of para-hydroxylation sites is 1. The smallest absolute Gasteiger partial charge is 0.323 e. The molecule has 6 nitrogen and oxygen atoms in total. The Morgan fingerprint density at radius 1 is 1.08 bits per heavy atom. The van der Waals surface area contributed by atoms with Crippen LogP contribution in [0.3, 0.4) is 0 Å². The fourth-order valence-electron chi connectivity index (χ4n) is 5.28. The van der Waals surface area contributed by atoms with E-state index in [9.17, 15) is 4.79 Å². The molecule has 5 rings (SSSR count). The molecule has 1 aliphatic heterocycles. The van der Waals surface area contributed by atoms with E-state index in [1.807, 2.05) is 43.3 Å². The lowest BCUT2D eigenvalue weighted by Crippen LogP contribution is -2.45. The summed E-state index contributed by atoms with van der Waals surface area (Å²) in [6.45, 7) is 6.55. The van der Waals surface area contributed by atoms with Gasteiger partial charge in [-0.25, -0.2) is 0 Å². The number of aromatic amines is 1. The average Bonchev–Trinajstić information content (AvgIpc) is 3.30. The van der Waals surface area contributed by atoms with Crippen LogP contribution in [-0.4, -0.2) is 31.2 Å². The maximum atomic E-state index is 12.6. The molecule has 1 aliphatic rings. The average molecular weight is 533 g/mol. The van der Waals surface area contributed by atoms with Crippen molar-refractivity contribution < 1.29 is 19.0 Å². The lowest BCUT2D eigenvalue weighted by Gasteiger charge is -2.30. The lowest BCUT2D eigenvalue weighted by molar-refractivity contribution is -0.143. The minimum absolute atomic E-state index is 0.232. The van der Waals surface area contributed by atoms with Crippen LogP contribution in [0, 0.1) is 6.92 Å². The van der Waals surface area contributed by atoms with E-state index >= 15 is 0 Å². The molecule has 0 saturated heterocycles. The monoisotopic (exact) mass is 532 g/mol. The zero-order valence-corrected chi connectivity index (χ0v) is 23.1. The van der Waals surface area contributed by atoms with Crippen LogP contribution in [0.1, 0.15) is 59.3 Å². The molecule has 2 heterocycles. The van der Waals surface area contributed by atoms with Gasteiger partial charge in [0, 0.05) is 33.6 Å². The van der Waals surface area contributed by atoms with Crippen LogP contribution in [0.4, 0.5) is 0 Å². The first-order valence-electron chi connectivity index (χ1n) is 12.8. The molecule has 0 amide bonds. The Bertz CT molecular complexity index is 1490. The fraction of sp³-hybridized carbons (Fsp3) is 0.323. The topological polar surface area (TPSA) is 72.6 Å². The number of aromatic nitrogens is 1. The van der Waals surface area contributed by atoms with Crippen LogP contribution in [0.25, 0.3) is 10.9 Å². The molecule has 7 heteroatoms. The molecule has 3 aromatic carbocycles. The number of fused-ring (bicyclic) bond motifs is 3. The molecule has 2 N–H and O–H groups in total.